The van der Waals surface area contributed by atoms with Gasteiger partial charge in [-0.15, -0.1) is 0 Å². The molecule has 3 rings (SSSR count). The molecule has 6 nitrogen and oxygen atoms in total. The number of amides is 1. The van der Waals surface area contributed by atoms with E-state index in [2.05, 4.69) is 10.4 Å². The van der Waals surface area contributed by atoms with Gasteiger partial charge in [0.15, 0.2) is 11.5 Å². The number of benzene rings is 2. The summed E-state index contributed by atoms with van der Waals surface area (Å²) in [6, 6.07) is 14.6. The zero-order chi connectivity index (χ0) is 17.6. The average molecular weight is 337 g/mol. The second-order valence-corrected chi connectivity index (χ2v) is 5.43. The normalized spacial score (nSPS) is 10.3. The van der Waals surface area contributed by atoms with Crippen molar-refractivity contribution in [3.05, 3.63) is 72.1 Å². The maximum Gasteiger partial charge on any atom is 0.255 e. The first-order valence-electron chi connectivity index (χ1n) is 7.79. The highest BCUT2D eigenvalue weighted by atomic mass is 16.5. The number of anilines is 1. The van der Waals surface area contributed by atoms with Crippen molar-refractivity contribution in [2.45, 2.75) is 6.54 Å². The summed E-state index contributed by atoms with van der Waals surface area (Å²) in [6.45, 7) is 0.646. The smallest absolute Gasteiger partial charge is 0.255 e. The Morgan fingerprint density at radius 3 is 2.64 bits per heavy atom. The van der Waals surface area contributed by atoms with Gasteiger partial charge in [-0.1, -0.05) is 12.1 Å². The molecule has 0 bridgehead atoms. The topological polar surface area (TPSA) is 65.4 Å². The number of carbonyl (C=O) groups excluding carboxylic acids is 1. The van der Waals surface area contributed by atoms with E-state index in [0.29, 0.717) is 23.6 Å². The number of nitrogens with zero attached hydrogens (tertiary/aromatic N) is 2. The third-order valence-corrected chi connectivity index (χ3v) is 3.73. The number of hydrogen-bond acceptors (Lipinski definition) is 4. The van der Waals surface area contributed by atoms with E-state index >= 15 is 0 Å². The Morgan fingerprint density at radius 1 is 1.08 bits per heavy atom. The van der Waals surface area contributed by atoms with Crippen molar-refractivity contribution in [2.24, 2.45) is 0 Å². The summed E-state index contributed by atoms with van der Waals surface area (Å²) in [5.74, 6) is 0.889. The number of hydrogen-bond donors (Lipinski definition) is 1. The lowest BCUT2D eigenvalue weighted by Crippen LogP contribution is -2.12. The third kappa shape index (κ3) is 3.98. The SMILES string of the molecule is COc1ccc(C(=O)Nc2cccc(Cn3cccn3)c2)cc1OC. The van der Waals surface area contributed by atoms with Crippen LogP contribution in [0.1, 0.15) is 15.9 Å². The van der Waals surface area contributed by atoms with E-state index in [1.807, 2.05) is 41.2 Å². The molecule has 0 saturated heterocycles. The largest absolute Gasteiger partial charge is 0.493 e. The number of aromatic nitrogens is 2. The maximum atomic E-state index is 12.5. The Kier molecular flexibility index (Phi) is 4.99. The Hall–Kier alpha value is -3.28. The fraction of sp³-hybridized carbons (Fsp3) is 0.158. The number of ether oxygens (including phenoxy) is 2. The molecular weight excluding hydrogens is 318 g/mol. The summed E-state index contributed by atoms with van der Waals surface area (Å²) in [7, 11) is 3.10. The molecule has 1 amide bonds. The van der Waals surface area contributed by atoms with E-state index in [0.717, 1.165) is 11.3 Å². The van der Waals surface area contributed by atoms with Crippen LogP contribution in [0.3, 0.4) is 0 Å². The van der Waals surface area contributed by atoms with E-state index in [4.69, 9.17) is 9.47 Å². The molecule has 0 saturated carbocycles. The second-order valence-electron chi connectivity index (χ2n) is 5.43. The minimum Gasteiger partial charge on any atom is -0.493 e. The molecule has 1 aromatic heterocycles. The quantitative estimate of drug-likeness (QED) is 0.750. The predicted molar refractivity (Wildman–Crippen MR) is 95.3 cm³/mol. The summed E-state index contributed by atoms with van der Waals surface area (Å²) in [4.78, 5) is 12.5. The van der Waals surface area contributed by atoms with E-state index < -0.39 is 0 Å². The lowest BCUT2D eigenvalue weighted by atomic mass is 10.1. The van der Waals surface area contributed by atoms with Crippen molar-refractivity contribution in [3.8, 4) is 11.5 Å². The zero-order valence-corrected chi connectivity index (χ0v) is 14.1. The number of nitrogens with one attached hydrogen (secondary N) is 1. The van der Waals surface area contributed by atoms with Gasteiger partial charge >= 0.3 is 0 Å². The van der Waals surface area contributed by atoms with Gasteiger partial charge in [-0.05, 0) is 42.0 Å². The van der Waals surface area contributed by atoms with Crippen LogP contribution in [0.25, 0.3) is 0 Å². The minimum absolute atomic E-state index is 0.211. The lowest BCUT2D eigenvalue weighted by molar-refractivity contribution is 0.102. The molecule has 2 aromatic carbocycles. The van der Waals surface area contributed by atoms with Crippen LogP contribution in [0, 0.1) is 0 Å². The number of rotatable bonds is 6. The fourth-order valence-electron chi connectivity index (χ4n) is 2.51. The first-order valence-corrected chi connectivity index (χ1v) is 7.79. The highest BCUT2D eigenvalue weighted by molar-refractivity contribution is 6.04. The first kappa shape index (κ1) is 16.6. The molecule has 25 heavy (non-hydrogen) atoms. The van der Waals surface area contributed by atoms with E-state index in [1.54, 1.807) is 31.5 Å². The summed E-state index contributed by atoms with van der Waals surface area (Å²) in [5.41, 5.74) is 2.27. The van der Waals surface area contributed by atoms with Gasteiger partial charge in [-0.25, -0.2) is 0 Å². The highest BCUT2D eigenvalue weighted by Crippen LogP contribution is 2.27. The second kappa shape index (κ2) is 7.53. The van der Waals surface area contributed by atoms with Crippen LogP contribution in [-0.4, -0.2) is 29.9 Å². The monoisotopic (exact) mass is 337 g/mol. The Labute approximate surface area is 146 Å². The van der Waals surface area contributed by atoms with E-state index in [1.165, 1.54) is 7.11 Å². The summed E-state index contributed by atoms with van der Waals surface area (Å²) in [5, 5.41) is 7.09. The highest BCUT2D eigenvalue weighted by Gasteiger charge is 2.11. The van der Waals surface area contributed by atoms with Crippen molar-refractivity contribution < 1.29 is 14.3 Å². The van der Waals surface area contributed by atoms with Gasteiger partial charge in [-0.3, -0.25) is 9.48 Å². The van der Waals surface area contributed by atoms with Gasteiger partial charge in [0.2, 0.25) is 0 Å². The summed E-state index contributed by atoms with van der Waals surface area (Å²) >= 11 is 0. The first-order chi connectivity index (χ1) is 12.2. The Bertz CT molecular complexity index is 860. The molecule has 0 radical (unpaired) electrons. The molecule has 3 aromatic rings. The molecule has 0 aliphatic heterocycles. The molecular formula is C19H19N3O3. The van der Waals surface area contributed by atoms with Crippen molar-refractivity contribution in [1.29, 1.82) is 0 Å². The van der Waals surface area contributed by atoms with Gasteiger partial charge in [0.25, 0.3) is 5.91 Å². The molecule has 6 heteroatoms. The number of carbonyl (C=O) groups is 1. The molecule has 0 aliphatic rings. The lowest BCUT2D eigenvalue weighted by Gasteiger charge is -2.11. The van der Waals surface area contributed by atoms with Crippen molar-refractivity contribution >= 4 is 11.6 Å². The van der Waals surface area contributed by atoms with Crippen LogP contribution < -0.4 is 14.8 Å². The van der Waals surface area contributed by atoms with Crippen molar-refractivity contribution in [2.75, 3.05) is 19.5 Å². The fourth-order valence-corrected chi connectivity index (χ4v) is 2.51. The zero-order valence-electron chi connectivity index (χ0n) is 14.1. The van der Waals surface area contributed by atoms with Crippen LogP contribution in [0.15, 0.2) is 60.9 Å². The average Bonchev–Trinajstić information content (AvgIpc) is 3.14. The molecule has 0 atom stereocenters. The van der Waals surface area contributed by atoms with Crippen molar-refractivity contribution in [3.63, 3.8) is 0 Å². The van der Waals surface area contributed by atoms with Crippen LogP contribution in [-0.2, 0) is 6.54 Å². The summed E-state index contributed by atoms with van der Waals surface area (Å²) in [6.07, 6.45) is 3.64. The van der Waals surface area contributed by atoms with Gasteiger partial charge in [0.1, 0.15) is 0 Å². The third-order valence-electron chi connectivity index (χ3n) is 3.73. The van der Waals surface area contributed by atoms with Gasteiger partial charge in [-0.2, -0.15) is 5.10 Å². The maximum absolute atomic E-state index is 12.5. The van der Waals surface area contributed by atoms with Gasteiger partial charge < -0.3 is 14.8 Å². The minimum atomic E-state index is -0.211. The standard InChI is InChI=1S/C19H19N3O3/c1-24-17-8-7-15(12-18(17)25-2)19(23)21-16-6-3-5-14(11-16)13-22-10-4-9-20-22/h3-12H,13H2,1-2H3,(H,21,23). The molecule has 0 spiro atoms. The van der Waals surface area contributed by atoms with E-state index in [-0.39, 0.29) is 5.91 Å². The Morgan fingerprint density at radius 2 is 1.92 bits per heavy atom. The van der Waals surface area contributed by atoms with E-state index in [9.17, 15) is 4.79 Å². The molecule has 0 fully saturated rings. The molecule has 128 valence electrons. The van der Waals surface area contributed by atoms with Crippen LogP contribution in [0.2, 0.25) is 0 Å². The van der Waals surface area contributed by atoms with Gasteiger partial charge in [0, 0.05) is 23.6 Å². The van der Waals surface area contributed by atoms with Crippen molar-refractivity contribution in [1.82, 2.24) is 9.78 Å². The molecule has 0 aliphatic carbocycles. The number of methoxy groups -OCH3 is 2. The molecule has 0 unspecified atom stereocenters. The van der Waals surface area contributed by atoms with Crippen LogP contribution in [0.5, 0.6) is 11.5 Å². The van der Waals surface area contributed by atoms with Gasteiger partial charge in [0.05, 0.1) is 20.8 Å². The van der Waals surface area contributed by atoms with Crippen LogP contribution in [0.4, 0.5) is 5.69 Å². The predicted octanol–water partition coefficient (Wildman–Crippen LogP) is 3.20. The summed E-state index contributed by atoms with van der Waals surface area (Å²) < 4.78 is 12.3. The van der Waals surface area contributed by atoms with Crippen LogP contribution >= 0.6 is 0 Å². The molecule has 1 N–H and O–H groups in total. The molecule has 1 heterocycles. The Balaban J connectivity index is 1.74.